The molecule has 0 amide bonds. The van der Waals surface area contributed by atoms with E-state index >= 15 is 0 Å². The Morgan fingerprint density at radius 1 is 1.38 bits per heavy atom. The molecule has 110 valence electrons. The lowest BCUT2D eigenvalue weighted by Gasteiger charge is -2.17. The fourth-order valence-electron chi connectivity index (χ4n) is 3.72. The molecule has 4 rings (SSSR count). The Kier molecular flexibility index (Phi) is 3.43. The van der Waals surface area contributed by atoms with E-state index < -0.39 is 0 Å². The van der Waals surface area contributed by atoms with Gasteiger partial charge in [0.2, 0.25) is 0 Å². The van der Waals surface area contributed by atoms with Crippen LogP contribution < -0.4 is 5.32 Å². The van der Waals surface area contributed by atoms with Crippen LogP contribution in [0.15, 0.2) is 36.7 Å². The summed E-state index contributed by atoms with van der Waals surface area (Å²) in [7, 11) is 2.08. The average Bonchev–Trinajstić information content (AvgIpc) is 3.21. The number of aryl methyl sites for hydroxylation is 1. The third-order valence-corrected chi connectivity index (χ3v) is 5.87. The van der Waals surface area contributed by atoms with Gasteiger partial charge in [0, 0.05) is 26.0 Å². The van der Waals surface area contributed by atoms with Gasteiger partial charge >= 0.3 is 0 Å². The molecule has 0 saturated heterocycles. The number of allylic oxidation sites excluding steroid dienone is 2. The SMILES string of the molecule is Cn1cccc1-c1cnc(CNCC2CC3C=CC2C3)s1. The van der Waals surface area contributed by atoms with Gasteiger partial charge in [0.05, 0.1) is 10.6 Å². The number of rotatable bonds is 5. The molecule has 2 aliphatic carbocycles. The van der Waals surface area contributed by atoms with E-state index in [0.29, 0.717) is 0 Å². The van der Waals surface area contributed by atoms with Crippen LogP contribution in [-0.2, 0) is 13.6 Å². The van der Waals surface area contributed by atoms with Gasteiger partial charge < -0.3 is 9.88 Å². The van der Waals surface area contributed by atoms with Crippen LogP contribution in [0, 0.1) is 17.8 Å². The van der Waals surface area contributed by atoms with Crippen molar-refractivity contribution in [1.29, 1.82) is 0 Å². The minimum Gasteiger partial charge on any atom is -0.350 e. The zero-order valence-corrected chi connectivity index (χ0v) is 13.1. The highest BCUT2D eigenvalue weighted by molar-refractivity contribution is 7.15. The van der Waals surface area contributed by atoms with E-state index in [4.69, 9.17) is 0 Å². The molecule has 1 fully saturated rings. The standard InChI is InChI=1S/C17H21N3S/c1-20-6-2-3-15(20)16-10-19-17(21-16)11-18-9-14-8-12-4-5-13(14)7-12/h2-6,10,12-14,18H,7-9,11H2,1H3. The summed E-state index contributed by atoms with van der Waals surface area (Å²) in [6.45, 7) is 2.03. The molecule has 0 radical (unpaired) electrons. The molecule has 2 aromatic heterocycles. The summed E-state index contributed by atoms with van der Waals surface area (Å²) in [5.41, 5.74) is 1.25. The van der Waals surface area contributed by atoms with Crippen LogP contribution in [-0.4, -0.2) is 16.1 Å². The summed E-state index contributed by atoms with van der Waals surface area (Å²) < 4.78 is 2.15. The Bertz CT molecular complexity index is 655. The summed E-state index contributed by atoms with van der Waals surface area (Å²) in [4.78, 5) is 5.81. The molecule has 21 heavy (non-hydrogen) atoms. The van der Waals surface area contributed by atoms with Crippen molar-refractivity contribution in [2.75, 3.05) is 6.54 Å². The molecule has 3 unspecified atom stereocenters. The minimum absolute atomic E-state index is 0.831. The number of hydrogen-bond acceptors (Lipinski definition) is 3. The molecule has 1 N–H and O–H groups in total. The van der Waals surface area contributed by atoms with Crippen molar-refractivity contribution >= 4 is 11.3 Å². The Balaban J connectivity index is 1.33. The number of nitrogens with zero attached hydrogens (tertiary/aromatic N) is 2. The Hall–Kier alpha value is -1.39. The van der Waals surface area contributed by atoms with Crippen molar-refractivity contribution in [3.8, 4) is 10.6 Å². The lowest BCUT2D eigenvalue weighted by molar-refractivity contribution is 0.414. The van der Waals surface area contributed by atoms with Gasteiger partial charge in [-0.15, -0.1) is 11.3 Å². The number of thiazole rings is 1. The maximum absolute atomic E-state index is 4.55. The third-order valence-electron chi connectivity index (χ3n) is 4.85. The molecule has 2 heterocycles. The largest absolute Gasteiger partial charge is 0.350 e. The summed E-state index contributed by atoms with van der Waals surface area (Å²) in [5.74, 6) is 2.54. The van der Waals surface area contributed by atoms with E-state index in [0.717, 1.165) is 30.8 Å². The number of hydrogen-bond donors (Lipinski definition) is 1. The van der Waals surface area contributed by atoms with Crippen molar-refractivity contribution in [3.05, 3.63) is 41.7 Å². The maximum Gasteiger partial charge on any atom is 0.107 e. The highest BCUT2D eigenvalue weighted by Crippen LogP contribution is 2.43. The van der Waals surface area contributed by atoms with Gasteiger partial charge in [-0.2, -0.15) is 0 Å². The normalized spacial score (nSPS) is 26.8. The number of fused-ring (bicyclic) bond motifs is 2. The van der Waals surface area contributed by atoms with Crippen LogP contribution in [0.25, 0.3) is 10.6 Å². The van der Waals surface area contributed by atoms with Crippen molar-refractivity contribution < 1.29 is 0 Å². The third kappa shape index (κ3) is 2.58. The molecule has 3 nitrogen and oxygen atoms in total. The second-order valence-corrected chi connectivity index (χ2v) is 7.41. The molecule has 2 aliphatic rings. The summed E-state index contributed by atoms with van der Waals surface area (Å²) in [6, 6.07) is 4.22. The van der Waals surface area contributed by atoms with Crippen molar-refractivity contribution in [3.63, 3.8) is 0 Å². The predicted molar refractivity (Wildman–Crippen MR) is 87.1 cm³/mol. The molecule has 0 aromatic carbocycles. The molecule has 2 aromatic rings. The van der Waals surface area contributed by atoms with Gasteiger partial charge in [0.15, 0.2) is 0 Å². The van der Waals surface area contributed by atoms with Gasteiger partial charge in [-0.3, -0.25) is 0 Å². The predicted octanol–water partition coefficient (Wildman–Crippen LogP) is 3.45. The first-order valence-electron chi connectivity index (χ1n) is 7.75. The van der Waals surface area contributed by atoms with Gasteiger partial charge in [0.25, 0.3) is 0 Å². The second-order valence-electron chi connectivity index (χ2n) is 6.29. The smallest absolute Gasteiger partial charge is 0.107 e. The van der Waals surface area contributed by atoms with E-state index in [1.807, 2.05) is 6.20 Å². The Morgan fingerprint density at radius 2 is 2.33 bits per heavy atom. The van der Waals surface area contributed by atoms with E-state index in [1.165, 1.54) is 28.4 Å². The fraction of sp³-hybridized carbons (Fsp3) is 0.471. The van der Waals surface area contributed by atoms with E-state index in [9.17, 15) is 0 Å². The Labute approximate surface area is 129 Å². The molecule has 0 aliphatic heterocycles. The van der Waals surface area contributed by atoms with Gasteiger partial charge in [0.1, 0.15) is 5.01 Å². The Morgan fingerprint density at radius 3 is 3.05 bits per heavy atom. The van der Waals surface area contributed by atoms with Gasteiger partial charge in [-0.25, -0.2) is 4.98 Å². The first-order valence-corrected chi connectivity index (χ1v) is 8.56. The minimum atomic E-state index is 0.831. The zero-order valence-electron chi connectivity index (χ0n) is 12.3. The quantitative estimate of drug-likeness (QED) is 0.857. The molecule has 3 atom stereocenters. The summed E-state index contributed by atoms with van der Waals surface area (Å²) in [6.07, 6.45) is 11.7. The van der Waals surface area contributed by atoms with E-state index in [2.05, 4.69) is 52.4 Å². The van der Waals surface area contributed by atoms with Crippen LogP contribution in [0.2, 0.25) is 0 Å². The van der Waals surface area contributed by atoms with Crippen LogP contribution in [0.3, 0.4) is 0 Å². The average molecular weight is 299 g/mol. The highest BCUT2D eigenvalue weighted by Gasteiger charge is 2.34. The van der Waals surface area contributed by atoms with Crippen molar-refractivity contribution in [1.82, 2.24) is 14.9 Å². The molecule has 4 heteroatoms. The topological polar surface area (TPSA) is 29.9 Å². The van der Waals surface area contributed by atoms with Crippen molar-refractivity contribution in [2.24, 2.45) is 24.8 Å². The van der Waals surface area contributed by atoms with E-state index in [1.54, 1.807) is 11.3 Å². The number of nitrogens with one attached hydrogen (secondary N) is 1. The first-order chi connectivity index (χ1) is 10.3. The summed E-state index contributed by atoms with van der Waals surface area (Å²) >= 11 is 1.79. The number of aromatic nitrogens is 2. The zero-order chi connectivity index (χ0) is 14.2. The molecule has 2 bridgehead atoms. The maximum atomic E-state index is 4.55. The second kappa shape index (κ2) is 5.43. The van der Waals surface area contributed by atoms with Gasteiger partial charge in [-0.05, 0) is 49.3 Å². The van der Waals surface area contributed by atoms with Crippen LogP contribution >= 0.6 is 11.3 Å². The van der Waals surface area contributed by atoms with E-state index in [-0.39, 0.29) is 0 Å². The monoisotopic (exact) mass is 299 g/mol. The lowest BCUT2D eigenvalue weighted by Crippen LogP contribution is -2.24. The molecular formula is C17H21N3S. The van der Waals surface area contributed by atoms with Crippen LogP contribution in [0.1, 0.15) is 17.8 Å². The van der Waals surface area contributed by atoms with Crippen LogP contribution in [0.5, 0.6) is 0 Å². The van der Waals surface area contributed by atoms with Crippen molar-refractivity contribution in [2.45, 2.75) is 19.4 Å². The molecular weight excluding hydrogens is 278 g/mol. The van der Waals surface area contributed by atoms with Gasteiger partial charge in [-0.1, -0.05) is 12.2 Å². The van der Waals surface area contributed by atoms with Crippen LogP contribution in [0.4, 0.5) is 0 Å². The molecule has 1 saturated carbocycles. The fourth-order valence-corrected chi connectivity index (χ4v) is 4.68. The first kappa shape index (κ1) is 13.3. The summed E-state index contributed by atoms with van der Waals surface area (Å²) in [5, 5.41) is 4.79. The molecule has 0 spiro atoms. The highest BCUT2D eigenvalue weighted by atomic mass is 32.1. The lowest BCUT2D eigenvalue weighted by atomic mass is 9.94.